The number of aryl methyl sites for hydroxylation is 1. The zero-order chi connectivity index (χ0) is 19.3. The molecule has 0 aliphatic rings. The first-order valence-electron chi connectivity index (χ1n) is 8.51. The first-order chi connectivity index (χ1) is 12.3. The van der Waals surface area contributed by atoms with Gasteiger partial charge >= 0.3 is 5.97 Å². The van der Waals surface area contributed by atoms with Gasteiger partial charge < -0.3 is 10.1 Å². The molecule has 0 unspecified atom stereocenters. The Morgan fingerprint density at radius 2 is 1.88 bits per heavy atom. The molecule has 7 heteroatoms. The Kier molecular flexibility index (Phi) is 6.97. The number of benzene rings is 1. The number of nitrogens with one attached hydrogen (secondary N) is 1. The summed E-state index contributed by atoms with van der Waals surface area (Å²) in [5, 5.41) is 7.27. The highest BCUT2D eigenvalue weighted by atomic mass is 79.9. The van der Waals surface area contributed by atoms with E-state index in [4.69, 9.17) is 4.74 Å². The molecule has 2 aromatic rings. The van der Waals surface area contributed by atoms with Crippen LogP contribution in [0.15, 0.2) is 34.8 Å². The van der Waals surface area contributed by atoms with Gasteiger partial charge in [0.15, 0.2) is 0 Å². The second-order valence-electron chi connectivity index (χ2n) is 6.42. The fourth-order valence-corrected chi connectivity index (χ4v) is 2.90. The van der Waals surface area contributed by atoms with Crippen molar-refractivity contribution < 1.29 is 14.3 Å². The molecule has 2 rings (SSSR count). The third-order valence-electron chi connectivity index (χ3n) is 3.86. The van der Waals surface area contributed by atoms with Gasteiger partial charge in [-0.15, -0.1) is 0 Å². The van der Waals surface area contributed by atoms with E-state index in [1.807, 2.05) is 44.2 Å². The molecule has 0 radical (unpaired) electrons. The van der Waals surface area contributed by atoms with Gasteiger partial charge in [-0.25, -0.2) is 0 Å². The van der Waals surface area contributed by atoms with E-state index in [9.17, 15) is 9.59 Å². The van der Waals surface area contributed by atoms with Crippen LogP contribution in [0.2, 0.25) is 0 Å². The van der Waals surface area contributed by atoms with E-state index < -0.39 is 6.04 Å². The van der Waals surface area contributed by atoms with Crippen molar-refractivity contribution in [3.8, 4) is 0 Å². The van der Waals surface area contributed by atoms with Gasteiger partial charge in [-0.1, -0.05) is 30.3 Å². The standard InChI is InChI=1S/C19H24BrN3O3/c1-12(2)26-18(25)10-16(15-8-6-5-7-9-15)21-17(24)11-23-14(4)19(20)13(3)22-23/h5-9,12,16H,10-11H2,1-4H3,(H,21,24)/t16-/m0/s1. The van der Waals surface area contributed by atoms with E-state index in [0.29, 0.717) is 0 Å². The van der Waals surface area contributed by atoms with Gasteiger partial charge in [0, 0.05) is 0 Å². The Bertz CT molecular complexity index is 772. The average molecular weight is 422 g/mol. The Hall–Kier alpha value is -2.15. The largest absolute Gasteiger partial charge is 0.463 e. The van der Waals surface area contributed by atoms with Crippen LogP contribution in [0.1, 0.15) is 43.3 Å². The fraction of sp³-hybridized carbons (Fsp3) is 0.421. The number of carbonyl (C=O) groups is 2. The molecular formula is C19H24BrN3O3. The zero-order valence-corrected chi connectivity index (χ0v) is 17.0. The molecule has 140 valence electrons. The highest BCUT2D eigenvalue weighted by Crippen LogP contribution is 2.20. The van der Waals surface area contributed by atoms with Gasteiger partial charge in [0.2, 0.25) is 5.91 Å². The van der Waals surface area contributed by atoms with Crippen molar-refractivity contribution in [2.45, 2.75) is 52.8 Å². The summed E-state index contributed by atoms with van der Waals surface area (Å²) in [6.07, 6.45) is -0.115. The summed E-state index contributed by atoms with van der Waals surface area (Å²) in [5.41, 5.74) is 2.57. The Morgan fingerprint density at radius 3 is 2.42 bits per heavy atom. The van der Waals surface area contributed by atoms with Gasteiger partial charge in [0.05, 0.1) is 34.4 Å². The second-order valence-corrected chi connectivity index (χ2v) is 7.21. The third kappa shape index (κ3) is 5.42. The normalized spacial score (nSPS) is 12.1. The van der Waals surface area contributed by atoms with Crippen molar-refractivity contribution in [1.29, 1.82) is 0 Å². The van der Waals surface area contributed by atoms with E-state index in [1.165, 1.54) is 0 Å². The SMILES string of the molecule is Cc1nn(CC(=O)N[C@@H](CC(=O)OC(C)C)c2ccccc2)c(C)c1Br. The molecule has 0 bridgehead atoms. The lowest BCUT2D eigenvalue weighted by molar-refractivity contribution is -0.148. The molecule has 1 heterocycles. The van der Waals surface area contributed by atoms with E-state index >= 15 is 0 Å². The topological polar surface area (TPSA) is 73.2 Å². The minimum Gasteiger partial charge on any atom is -0.463 e. The van der Waals surface area contributed by atoms with Crippen LogP contribution in [0.25, 0.3) is 0 Å². The molecule has 0 saturated heterocycles. The summed E-state index contributed by atoms with van der Waals surface area (Å²) in [5.74, 6) is -0.558. The smallest absolute Gasteiger partial charge is 0.308 e. The quantitative estimate of drug-likeness (QED) is 0.694. The van der Waals surface area contributed by atoms with Gasteiger partial charge in [-0.05, 0) is 49.2 Å². The molecule has 0 fully saturated rings. The number of ether oxygens (including phenoxy) is 1. The monoisotopic (exact) mass is 421 g/mol. The number of rotatable bonds is 7. The number of hydrogen-bond acceptors (Lipinski definition) is 4. The zero-order valence-electron chi connectivity index (χ0n) is 15.5. The summed E-state index contributed by atoms with van der Waals surface area (Å²) >= 11 is 3.46. The van der Waals surface area contributed by atoms with E-state index in [2.05, 4.69) is 26.3 Å². The van der Waals surface area contributed by atoms with Crippen LogP contribution in [0.3, 0.4) is 0 Å². The molecule has 6 nitrogen and oxygen atoms in total. The molecule has 1 atom stereocenters. The number of amides is 1. The molecule has 1 amide bonds. The summed E-state index contributed by atoms with van der Waals surface area (Å²) in [6.45, 7) is 7.45. The first-order valence-corrected chi connectivity index (χ1v) is 9.30. The molecular weight excluding hydrogens is 398 g/mol. The predicted molar refractivity (Wildman–Crippen MR) is 103 cm³/mol. The van der Waals surface area contributed by atoms with Gasteiger partial charge in [0.25, 0.3) is 0 Å². The minimum atomic E-state index is -0.449. The van der Waals surface area contributed by atoms with E-state index in [-0.39, 0.29) is 30.9 Å². The Labute approximate surface area is 162 Å². The van der Waals surface area contributed by atoms with Crippen LogP contribution >= 0.6 is 15.9 Å². The van der Waals surface area contributed by atoms with Gasteiger partial charge in [0.1, 0.15) is 6.54 Å². The van der Waals surface area contributed by atoms with Gasteiger partial charge in [-0.3, -0.25) is 14.3 Å². The van der Waals surface area contributed by atoms with Crippen LogP contribution in [-0.2, 0) is 20.9 Å². The first kappa shape index (κ1) is 20.2. The van der Waals surface area contributed by atoms with Crippen molar-refractivity contribution in [1.82, 2.24) is 15.1 Å². The minimum absolute atomic E-state index is 0.0781. The van der Waals surface area contributed by atoms with Crippen LogP contribution in [0, 0.1) is 13.8 Å². The van der Waals surface area contributed by atoms with Crippen LogP contribution < -0.4 is 5.32 Å². The average Bonchev–Trinajstić information content (AvgIpc) is 2.81. The lowest BCUT2D eigenvalue weighted by Crippen LogP contribution is -2.34. The number of halogens is 1. The third-order valence-corrected chi connectivity index (χ3v) is 5.01. The van der Waals surface area contributed by atoms with Crippen molar-refractivity contribution in [2.24, 2.45) is 0 Å². The highest BCUT2D eigenvalue weighted by Gasteiger charge is 2.21. The lowest BCUT2D eigenvalue weighted by Gasteiger charge is -2.19. The van der Waals surface area contributed by atoms with Gasteiger partial charge in [-0.2, -0.15) is 5.10 Å². The summed E-state index contributed by atoms with van der Waals surface area (Å²) in [7, 11) is 0. The molecule has 1 aromatic carbocycles. The number of aromatic nitrogens is 2. The van der Waals surface area contributed by atoms with Crippen molar-refractivity contribution in [3.63, 3.8) is 0 Å². The maximum Gasteiger partial charge on any atom is 0.308 e. The highest BCUT2D eigenvalue weighted by molar-refractivity contribution is 9.10. The maximum atomic E-state index is 12.5. The summed E-state index contributed by atoms with van der Waals surface area (Å²) < 4.78 is 7.76. The van der Waals surface area contributed by atoms with Crippen LogP contribution in [0.4, 0.5) is 0 Å². The van der Waals surface area contributed by atoms with E-state index in [0.717, 1.165) is 21.4 Å². The fourth-order valence-electron chi connectivity index (χ4n) is 2.62. The number of nitrogens with zero attached hydrogens (tertiary/aromatic N) is 2. The Balaban J connectivity index is 2.11. The van der Waals surface area contributed by atoms with Crippen molar-refractivity contribution in [3.05, 3.63) is 51.8 Å². The summed E-state index contributed by atoms with van der Waals surface area (Å²) in [6, 6.07) is 8.96. The molecule has 0 spiro atoms. The molecule has 0 saturated carbocycles. The molecule has 1 N–H and O–H groups in total. The molecule has 0 aliphatic carbocycles. The Morgan fingerprint density at radius 1 is 1.23 bits per heavy atom. The summed E-state index contributed by atoms with van der Waals surface area (Å²) in [4.78, 5) is 24.6. The molecule has 26 heavy (non-hydrogen) atoms. The van der Waals surface area contributed by atoms with Crippen molar-refractivity contribution >= 4 is 27.8 Å². The van der Waals surface area contributed by atoms with Crippen LogP contribution in [-0.4, -0.2) is 27.8 Å². The van der Waals surface area contributed by atoms with Crippen LogP contribution in [0.5, 0.6) is 0 Å². The van der Waals surface area contributed by atoms with Crippen molar-refractivity contribution in [2.75, 3.05) is 0 Å². The molecule has 1 aromatic heterocycles. The van der Waals surface area contributed by atoms with E-state index in [1.54, 1.807) is 18.5 Å². The lowest BCUT2D eigenvalue weighted by atomic mass is 10.0. The maximum absolute atomic E-state index is 12.5. The molecule has 0 aliphatic heterocycles. The second kappa shape index (κ2) is 8.98. The number of hydrogen-bond donors (Lipinski definition) is 1. The number of carbonyl (C=O) groups excluding carboxylic acids is 2. The number of esters is 1. The predicted octanol–water partition coefficient (Wildman–Crippen LogP) is 3.46.